The number of hydrogen-bond acceptors (Lipinski definition) is 4. The molecule has 108 valence electrons. The second-order valence-corrected chi connectivity index (χ2v) is 5.65. The number of rotatable bonds is 4. The van der Waals surface area contributed by atoms with Crippen LogP contribution < -0.4 is 5.32 Å². The lowest BCUT2D eigenvalue weighted by atomic mass is 9.96. The Bertz CT molecular complexity index is 467. The number of carbonyl (C=O) groups is 1. The second-order valence-electron chi connectivity index (χ2n) is 5.65. The maximum atomic E-state index is 12.7. The average Bonchev–Trinajstić information content (AvgIpc) is 3.31. The fourth-order valence-electron chi connectivity index (χ4n) is 2.59. The van der Waals surface area contributed by atoms with Gasteiger partial charge in [0.1, 0.15) is 0 Å². The van der Waals surface area contributed by atoms with Gasteiger partial charge in [0.2, 0.25) is 11.9 Å². The molecule has 5 nitrogen and oxygen atoms in total. The zero-order valence-corrected chi connectivity index (χ0v) is 11.4. The lowest BCUT2D eigenvalue weighted by Crippen LogP contribution is -2.40. The largest absolute Gasteiger partial charge is 0.354 e. The van der Waals surface area contributed by atoms with Crippen molar-refractivity contribution in [3.63, 3.8) is 0 Å². The SMILES string of the molecule is O=C(C1CC1)N1CCC(CNc2ncc(F)cn2)CC1. The number of nitrogens with one attached hydrogen (secondary N) is 1. The van der Waals surface area contributed by atoms with Gasteiger partial charge in [-0.3, -0.25) is 4.79 Å². The first-order chi connectivity index (χ1) is 9.72. The monoisotopic (exact) mass is 278 g/mol. The summed E-state index contributed by atoms with van der Waals surface area (Å²) in [4.78, 5) is 21.7. The van der Waals surface area contributed by atoms with E-state index in [4.69, 9.17) is 0 Å². The van der Waals surface area contributed by atoms with Crippen molar-refractivity contribution in [2.24, 2.45) is 11.8 Å². The fraction of sp³-hybridized carbons (Fsp3) is 0.643. The highest BCUT2D eigenvalue weighted by Crippen LogP contribution is 2.32. The van der Waals surface area contributed by atoms with Crippen molar-refractivity contribution in [3.05, 3.63) is 18.2 Å². The van der Waals surface area contributed by atoms with Gasteiger partial charge in [-0.1, -0.05) is 0 Å². The Morgan fingerprint density at radius 3 is 2.50 bits per heavy atom. The molecule has 1 aliphatic carbocycles. The van der Waals surface area contributed by atoms with Crippen molar-refractivity contribution in [1.82, 2.24) is 14.9 Å². The molecule has 0 radical (unpaired) electrons. The Morgan fingerprint density at radius 2 is 1.90 bits per heavy atom. The Labute approximate surface area is 117 Å². The average molecular weight is 278 g/mol. The number of amides is 1. The van der Waals surface area contributed by atoms with Crippen LogP contribution in [0.1, 0.15) is 25.7 Å². The van der Waals surface area contributed by atoms with Gasteiger partial charge in [0.25, 0.3) is 0 Å². The van der Waals surface area contributed by atoms with Gasteiger partial charge in [0, 0.05) is 25.6 Å². The quantitative estimate of drug-likeness (QED) is 0.910. The molecule has 1 amide bonds. The molecule has 1 saturated carbocycles. The Balaban J connectivity index is 1.42. The molecule has 6 heteroatoms. The van der Waals surface area contributed by atoms with E-state index in [2.05, 4.69) is 15.3 Å². The van der Waals surface area contributed by atoms with Crippen LogP contribution >= 0.6 is 0 Å². The van der Waals surface area contributed by atoms with Crippen LogP contribution in [0.15, 0.2) is 12.4 Å². The first kappa shape index (κ1) is 13.3. The molecule has 0 bridgehead atoms. The van der Waals surface area contributed by atoms with Crippen LogP contribution in [0.25, 0.3) is 0 Å². The molecule has 1 aromatic rings. The van der Waals surface area contributed by atoms with Crippen LogP contribution in [0.4, 0.5) is 10.3 Å². The van der Waals surface area contributed by atoms with Crippen LogP contribution in [-0.4, -0.2) is 40.4 Å². The molecule has 1 saturated heterocycles. The molecule has 20 heavy (non-hydrogen) atoms. The number of halogens is 1. The van der Waals surface area contributed by atoms with Crippen molar-refractivity contribution < 1.29 is 9.18 Å². The van der Waals surface area contributed by atoms with E-state index < -0.39 is 5.82 Å². The molecule has 1 N–H and O–H groups in total. The first-order valence-corrected chi connectivity index (χ1v) is 7.22. The van der Waals surface area contributed by atoms with E-state index in [0.717, 1.165) is 57.7 Å². The molecule has 0 unspecified atom stereocenters. The molecule has 0 spiro atoms. The van der Waals surface area contributed by atoms with Gasteiger partial charge in [0.05, 0.1) is 12.4 Å². The lowest BCUT2D eigenvalue weighted by Gasteiger charge is -2.32. The van der Waals surface area contributed by atoms with Gasteiger partial charge in [-0.25, -0.2) is 14.4 Å². The number of aromatic nitrogens is 2. The summed E-state index contributed by atoms with van der Waals surface area (Å²) in [5.41, 5.74) is 0. The van der Waals surface area contributed by atoms with E-state index in [9.17, 15) is 9.18 Å². The highest BCUT2D eigenvalue weighted by atomic mass is 19.1. The van der Waals surface area contributed by atoms with Gasteiger partial charge in [-0.2, -0.15) is 0 Å². The standard InChI is InChI=1S/C14H19FN4O/c15-12-8-17-14(18-9-12)16-7-10-3-5-19(6-4-10)13(20)11-1-2-11/h8-11H,1-7H2,(H,16,17,18). The number of piperidine rings is 1. The third-order valence-electron chi connectivity index (χ3n) is 4.02. The minimum atomic E-state index is -0.428. The van der Waals surface area contributed by atoms with Crippen LogP contribution in [0, 0.1) is 17.7 Å². The third-order valence-corrected chi connectivity index (χ3v) is 4.02. The van der Waals surface area contributed by atoms with Gasteiger partial charge < -0.3 is 10.2 Å². The molecule has 3 rings (SSSR count). The van der Waals surface area contributed by atoms with E-state index in [-0.39, 0.29) is 0 Å². The number of nitrogens with zero attached hydrogens (tertiary/aromatic N) is 3. The van der Waals surface area contributed by atoms with Gasteiger partial charge in [-0.05, 0) is 31.6 Å². The van der Waals surface area contributed by atoms with Crippen LogP contribution in [0.3, 0.4) is 0 Å². The Morgan fingerprint density at radius 1 is 1.25 bits per heavy atom. The van der Waals surface area contributed by atoms with Gasteiger partial charge in [-0.15, -0.1) is 0 Å². The highest BCUT2D eigenvalue weighted by Gasteiger charge is 2.34. The smallest absolute Gasteiger partial charge is 0.225 e. The van der Waals surface area contributed by atoms with E-state index in [1.807, 2.05) is 4.90 Å². The van der Waals surface area contributed by atoms with Gasteiger partial charge in [0.15, 0.2) is 5.82 Å². The summed E-state index contributed by atoms with van der Waals surface area (Å²) in [5, 5.41) is 3.13. The Kier molecular flexibility index (Phi) is 3.80. The van der Waals surface area contributed by atoms with E-state index in [1.165, 1.54) is 0 Å². The summed E-state index contributed by atoms with van der Waals surface area (Å²) in [6.07, 6.45) is 6.47. The molecule has 2 aliphatic rings. The molecule has 0 aromatic carbocycles. The zero-order valence-electron chi connectivity index (χ0n) is 11.4. The zero-order chi connectivity index (χ0) is 13.9. The van der Waals surface area contributed by atoms with E-state index in [1.54, 1.807) is 0 Å². The van der Waals surface area contributed by atoms with E-state index in [0.29, 0.717) is 23.7 Å². The van der Waals surface area contributed by atoms with E-state index >= 15 is 0 Å². The lowest BCUT2D eigenvalue weighted by molar-refractivity contribution is -0.133. The predicted octanol–water partition coefficient (Wildman–Crippen LogP) is 1.68. The molecule has 2 fully saturated rings. The number of anilines is 1. The maximum Gasteiger partial charge on any atom is 0.225 e. The molecule has 1 aliphatic heterocycles. The normalized spacial score (nSPS) is 19.9. The summed E-state index contributed by atoms with van der Waals surface area (Å²) in [6.45, 7) is 2.48. The fourth-order valence-corrected chi connectivity index (χ4v) is 2.59. The number of likely N-dealkylation sites (tertiary alicyclic amines) is 1. The Hall–Kier alpha value is -1.72. The van der Waals surface area contributed by atoms with Gasteiger partial charge >= 0.3 is 0 Å². The maximum absolute atomic E-state index is 12.7. The minimum Gasteiger partial charge on any atom is -0.354 e. The van der Waals surface area contributed by atoms with Crippen molar-refractivity contribution >= 4 is 11.9 Å². The summed E-state index contributed by atoms with van der Waals surface area (Å²) >= 11 is 0. The summed E-state index contributed by atoms with van der Waals surface area (Å²) in [5.74, 6) is 1.22. The second kappa shape index (κ2) is 5.73. The van der Waals surface area contributed by atoms with Crippen LogP contribution in [0.2, 0.25) is 0 Å². The topological polar surface area (TPSA) is 58.1 Å². The van der Waals surface area contributed by atoms with Crippen molar-refractivity contribution in [2.75, 3.05) is 25.0 Å². The molecule has 0 atom stereocenters. The number of hydrogen-bond donors (Lipinski definition) is 1. The van der Waals surface area contributed by atoms with Crippen LogP contribution in [0.5, 0.6) is 0 Å². The first-order valence-electron chi connectivity index (χ1n) is 7.22. The third kappa shape index (κ3) is 3.23. The number of carbonyl (C=O) groups excluding carboxylic acids is 1. The summed E-state index contributed by atoms with van der Waals surface area (Å²) in [7, 11) is 0. The predicted molar refractivity (Wildman–Crippen MR) is 72.5 cm³/mol. The van der Waals surface area contributed by atoms with Crippen LogP contribution in [-0.2, 0) is 4.79 Å². The highest BCUT2D eigenvalue weighted by molar-refractivity contribution is 5.81. The molecular formula is C14H19FN4O. The molecule has 1 aromatic heterocycles. The summed E-state index contributed by atoms with van der Waals surface area (Å²) < 4.78 is 12.7. The minimum absolute atomic E-state index is 0.317. The van der Waals surface area contributed by atoms with Crippen molar-refractivity contribution in [2.45, 2.75) is 25.7 Å². The van der Waals surface area contributed by atoms with Crippen molar-refractivity contribution in [3.8, 4) is 0 Å². The summed E-state index contributed by atoms with van der Waals surface area (Å²) in [6, 6.07) is 0. The van der Waals surface area contributed by atoms with Crippen molar-refractivity contribution in [1.29, 1.82) is 0 Å². The molecule has 2 heterocycles. The molecular weight excluding hydrogens is 259 g/mol.